The highest BCUT2D eigenvalue weighted by atomic mass is 19.2. The van der Waals surface area contributed by atoms with Gasteiger partial charge in [0.25, 0.3) is 0 Å². The Morgan fingerprint density at radius 1 is 0.969 bits per heavy atom. The van der Waals surface area contributed by atoms with Crippen LogP contribution in [-0.4, -0.2) is 29.3 Å². The van der Waals surface area contributed by atoms with E-state index in [1.807, 2.05) is 48.5 Å². The number of nitrogens with one attached hydrogen (secondary N) is 1. The summed E-state index contributed by atoms with van der Waals surface area (Å²) in [5.74, 6) is -3.61. The van der Waals surface area contributed by atoms with Crippen LogP contribution in [0.2, 0.25) is 0 Å². The van der Waals surface area contributed by atoms with Crippen LogP contribution in [0.1, 0.15) is 29.5 Å². The average molecular weight is 437 g/mol. The normalized spacial score (nSPS) is 14.2. The molecule has 4 rings (SSSR count). The van der Waals surface area contributed by atoms with Crippen molar-refractivity contribution in [1.82, 2.24) is 5.32 Å². The van der Waals surface area contributed by atoms with E-state index < -0.39 is 29.2 Å². The van der Waals surface area contributed by atoms with Gasteiger partial charge in [-0.2, -0.15) is 0 Å². The number of hydrogen-bond acceptors (Lipinski definition) is 3. The molecule has 32 heavy (non-hydrogen) atoms. The number of benzene rings is 3. The van der Waals surface area contributed by atoms with Crippen molar-refractivity contribution in [3.63, 3.8) is 0 Å². The van der Waals surface area contributed by atoms with Gasteiger partial charge in [0.05, 0.1) is 0 Å². The van der Waals surface area contributed by atoms with Crippen LogP contribution < -0.4 is 5.32 Å². The first-order valence-electron chi connectivity index (χ1n) is 10.1. The second-order valence-electron chi connectivity index (χ2n) is 8.01. The van der Waals surface area contributed by atoms with Gasteiger partial charge < -0.3 is 15.2 Å². The summed E-state index contributed by atoms with van der Waals surface area (Å²) in [5.41, 5.74) is 2.67. The standard InChI is InChI=1S/C25H21F2NO4/c1-25(23(29)30,13-15-10-11-21(26)22(27)12-15)28-24(31)32-14-20-18-8-4-2-6-16(18)17-7-3-5-9-19(17)20/h2-12,20H,13-14H2,1H3,(H,28,31)(H,29,30). The van der Waals surface area contributed by atoms with Gasteiger partial charge in [-0.1, -0.05) is 54.6 Å². The molecule has 7 heteroatoms. The number of carboxylic acid groups (broad SMARTS) is 1. The first-order chi connectivity index (χ1) is 15.3. The van der Waals surface area contributed by atoms with E-state index >= 15 is 0 Å². The van der Waals surface area contributed by atoms with E-state index in [0.29, 0.717) is 0 Å². The second-order valence-corrected chi connectivity index (χ2v) is 8.01. The predicted molar refractivity (Wildman–Crippen MR) is 114 cm³/mol. The van der Waals surface area contributed by atoms with Gasteiger partial charge in [0.2, 0.25) is 0 Å². The van der Waals surface area contributed by atoms with E-state index in [0.717, 1.165) is 34.4 Å². The summed E-state index contributed by atoms with van der Waals surface area (Å²) < 4.78 is 32.1. The molecule has 2 N–H and O–H groups in total. The molecule has 3 aromatic carbocycles. The number of amides is 1. The van der Waals surface area contributed by atoms with Crippen molar-refractivity contribution in [3.8, 4) is 11.1 Å². The van der Waals surface area contributed by atoms with Crippen LogP contribution in [0.3, 0.4) is 0 Å². The molecule has 5 nitrogen and oxygen atoms in total. The quantitative estimate of drug-likeness (QED) is 0.576. The summed E-state index contributed by atoms with van der Waals surface area (Å²) in [6, 6.07) is 18.8. The Hall–Kier alpha value is -3.74. The first-order valence-corrected chi connectivity index (χ1v) is 10.1. The molecular weight excluding hydrogens is 416 g/mol. The zero-order valence-electron chi connectivity index (χ0n) is 17.3. The predicted octanol–water partition coefficient (Wildman–Crippen LogP) is 4.89. The number of rotatable bonds is 6. The van der Waals surface area contributed by atoms with Gasteiger partial charge in [0.1, 0.15) is 12.1 Å². The maximum atomic E-state index is 13.5. The lowest BCUT2D eigenvalue weighted by atomic mass is 9.93. The molecule has 0 aliphatic heterocycles. The van der Waals surface area contributed by atoms with E-state index in [9.17, 15) is 23.5 Å². The number of carboxylic acids is 1. The largest absolute Gasteiger partial charge is 0.480 e. The van der Waals surface area contributed by atoms with Gasteiger partial charge in [0.15, 0.2) is 11.6 Å². The maximum absolute atomic E-state index is 13.5. The SMILES string of the molecule is CC(Cc1ccc(F)c(F)c1)(NC(=O)OCC1c2ccccc2-c2ccccc21)C(=O)O. The Labute approximate surface area is 183 Å². The lowest BCUT2D eigenvalue weighted by molar-refractivity contribution is -0.143. The highest BCUT2D eigenvalue weighted by Gasteiger charge is 2.37. The summed E-state index contributed by atoms with van der Waals surface area (Å²) in [6.45, 7) is 1.32. The van der Waals surface area contributed by atoms with Crippen molar-refractivity contribution in [2.45, 2.75) is 24.8 Å². The van der Waals surface area contributed by atoms with Gasteiger partial charge in [-0.05, 0) is 46.9 Å². The lowest BCUT2D eigenvalue weighted by Crippen LogP contribution is -2.54. The maximum Gasteiger partial charge on any atom is 0.408 e. The first kappa shape index (κ1) is 21.5. The fourth-order valence-electron chi connectivity index (χ4n) is 4.09. The molecular formula is C25H21F2NO4. The van der Waals surface area contributed by atoms with Gasteiger partial charge >= 0.3 is 12.1 Å². The number of carbonyl (C=O) groups is 2. The zero-order valence-corrected chi connectivity index (χ0v) is 17.3. The third-order valence-electron chi connectivity index (χ3n) is 5.74. The third-order valence-corrected chi connectivity index (χ3v) is 5.74. The van der Waals surface area contributed by atoms with Gasteiger partial charge in [-0.25, -0.2) is 18.4 Å². The molecule has 0 saturated carbocycles. The Morgan fingerprint density at radius 2 is 1.56 bits per heavy atom. The third kappa shape index (κ3) is 4.06. The second kappa shape index (κ2) is 8.42. The lowest BCUT2D eigenvalue weighted by Gasteiger charge is -2.26. The van der Waals surface area contributed by atoms with Gasteiger partial charge in [0, 0.05) is 12.3 Å². The molecule has 1 unspecified atom stereocenters. The van der Waals surface area contributed by atoms with Crippen molar-refractivity contribution < 1.29 is 28.2 Å². The van der Waals surface area contributed by atoms with Crippen LogP contribution in [-0.2, 0) is 16.0 Å². The van der Waals surface area contributed by atoms with Crippen molar-refractivity contribution in [1.29, 1.82) is 0 Å². The van der Waals surface area contributed by atoms with Crippen molar-refractivity contribution in [2.75, 3.05) is 6.61 Å². The molecule has 3 aromatic rings. The Kier molecular flexibility index (Phi) is 5.65. The van der Waals surface area contributed by atoms with Crippen molar-refractivity contribution in [2.24, 2.45) is 0 Å². The van der Waals surface area contributed by atoms with Crippen LogP contribution in [0.25, 0.3) is 11.1 Å². The summed E-state index contributed by atoms with van der Waals surface area (Å²) in [5, 5.41) is 12.0. The molecule has 1 amide bonds. The molecule has 0 radical (unpaired) electrons. The molecule has 1 aliphatic rings. The smallest absolute Gasteiger partial charge is 0.408 e. The van der Waals surface area contributed by atoms with Crippen LogP contribution in [0.5, 0.6) is 0 Å². The summed E-state index contributed by atoms with van der Waals surface area (Å²) >= 11 is 0. The van der Waals surface area contributed by atoms with Crippen LogP contribution >= 0.6 is 0 Å². The molecule has 164 valence electrons. The molecule has 0 aromatic heterocycles. The topological polar surface area (TPSA) is 75.6 Å². The molecule has 1 atom stereocenters. The van der Waals surface area contributed by atoms with Crippen LogP contribution in [0, 0.1) is 11.6 Å². The highest BCUT2D eigenvalue weighted by molar-refractivity contribution is 5.84. The Morgan fingerprint density at radius 3 is 2.12 bits per heavy atom. The van der Waals surface area contributed by atoms with Crippen molar-refractivity contribution in [3.05, 3.63) is 95.1 Å². The molecule has 0 bridgehead atoms. The summed E-state index contributed by atoms with van der Waals surface area (Å²) in [7, 11) is 0. The minimum absolute atomic E-state index is 0.0285. The van der Waals surface area contributed by atoms with E-state index in [4.69, 9.17) is 4.74 Å². The average Bonchev–Trinajstić information content (AvgIpc) is 3.08. The fourth-order valence-corrected chi connectivity index (χ4v) is 4.09. The van der Waals surface area contributed by atoms with Gasteiger partial charge in [-0.3, -0.25) is 0 Å². The molecule has 0 heterocycles. The number of alkyl carbamates (subject to hydrolysis) is 1. The number of carbonyl (C=O) groups excluding carboxylic acids is 1. The van der Waals surface area contributed by atoms with E-state index in [-0.39, 0.29) is 24.5 Å². The van der Waals surface area contributed by atoms with E-state index in [2.05, 4.69) is 5.32 Å². The number of aliphatic carboxylic acids is 1. The Bertz CT molecular complexity index is 1150. The minimum atomic E-state index is -1.77. The van der Waals surface area contributed by atoms with Crippen molar-refractivity contribution >= 4 is 12.1 Å². The molecule has 0 fully saturated rings. The molecule has 0 spiro atoms. The number of ether oxygens (including phenoxy) is 1. The Balaban J connectivity index is 1.48. The summed E-state index contributed by atoms with van der Waals surface area (Å²) in [4.78, 5) is 24.4. The van der Waals surface area contributed by atoms with Gasteiger partial charge in [-0.15, -0.1) is 0 Å². The highest BCUT2D eigenvalue weighted by Crippen LogP contribution is 2.44. The number of halogens is 2. The van der Waals surface area contributed by atoms with Crippen LogP contribution in [0.4, 0.5) is 13.6 Å². The fraction of sp³-hybridized carbons (Fsp3) is 0.200. The number of fused-ring (bicyclic) bond motifs is 3. The molecule has 1 aliphatic carbocycles. The minimum Gasteiger partial charge on any atom is -0.480 e. The zero-order chi connectivity index (χ0) is 22.9. The van der Waals surface area contributed by atoms with Crippen LogP contribution in [0.15, 0.2) is 66.7 Å². The summed E-state index contributed by atoms with van der Waals surface area (Å²) in [6.07, 6.45) is -1.15. The van der Waals surface area contributed by atoms with E-state index in [1.165, 1.54) is 13.0 Å². The molecule has 0 saturated heterocycles. The number of hydrogen-bond donors (Lipinski definition) is 2. The van der Waals surface area contributed by atoms with E-state index in [1.54, 1.807) is 0 Å². The monoisotopic (exact) mass is 437 g/mol.